The van der Waals surface area contributed by atoms with Gasteiger partial charge in [0.2, 0.25) is 0 Å². The van der Waals surface area contributed by atoms with E-state index in [1.165, 1.54) is 0 Å². The van der Waals surface area contributed by atoms with Gasteiger partial charge in [0.05, 0.1) is 12.8 Å². The van der Waals surface area contributed by atoms with Crippen LogP contribution in [-0.4, -0.2) is 100 Å². The molecule has 0 aliphatic carbocycles. The number of carbonyl (C=O) groups excluding carboxylic acids is 2. The third kappa shape index (κ3) is 7.36. The Morgan fingerprint density at radius 2 is 1.51 bits per heavy atom. The summed E-state index contributed by atoms with van der Waals surface area (Å²) < 4.78 is 5.61. The number of likely N-dealkylation sites (N-methyl/N-ethyl adjacent to an activating group) is 1. The van der Waals surface area contributed by atoms with Gasteiger partial charge in [-0.25, -0.2) is 5.01 Å². The monoisotopic (exact) mass is 584 g/mol. The Balaban J connectivity index is 1.21. The number of hydrogen-bond acceptors (Lipinski definition) is 7. The summed E-state index contributed by atoms with van der Waals surface area (Å²) in [5.74, 6) is 0.550. The Hall–Kier alpha value is -3.92. The van der Waals surface area contributed by atoms with Crippen LogP contribution in [0.1, 0.15) is 39.1 Å². The molecule has 228 valence electrons. The van der Waals surface area contributed by atoms with E-state index < -0.39 is 0 Å². The number of carbonyl (C=O) groups is 2. The zero-order chi connectivity index (χ0) is 30.5. The van der Waals surface area contributed by atoms with E-state index in [1.54, 1.807) is 7.11 Å². The van der Waals surface area contributed by atoms with E-state index in [2.05, 4.69) is 46.6 Å². The Bertz CT molecular complexity index is 1420. The molecule has 0 spiro atoms. The van der Waals surface area contributed by atoms with E-state index in [4.69, 9.17) is 4.74 Å². The summed E-state index contributed by atoms with van der Waals surface area (Å²) in [6.45, 7) is 7.49. The SMILES string of the molecule is COc1ccc(NC(=O)c2ccc(-c3ccc(C(=O)NN4CCC(N(C)C)CC4)cc3C)cc2)cc1N1CCN(C)CC1. The fraction of sp³-hybridized carbons (Fsp3) is 0.412. The lowest BCUT2D eigenvalue weighted by molar-refractivity contribution is 0.0661. The first kappa shape index (κ1) is 30.5. The molecule has 2 N–H and O–H groups in total. The molecule has 43 heavy (non-hydrogen) atoms. The summed E-state index contributed by atoms with van der Waals surface area (Å²) in [7, 11) is 8.02. The van der Waals surface area contributed by atoms with Crippen LogP contribution in [0.5, 0.6) is 5.75 Å². The number of benzene rings is 3. The fourth-order valence-electron chi connectivity index (χ4n) is 5.90. The minimum absolute atomic E-state index is 0.0840. The van der Waals surface area contributed by atoms with Crippen LogP contribution in [-0.2, 0) is 0 Å². The van der Waals surface area contributed by atoms with Gasteiger partial charge in [-0.15, -0.1) is 0 Å². The van der Waals surface area contributed by atoms with Crippen LogP contribution in [0.2, 0.25) is 0 Å². The van der Waals surface area contributed by atoms with Crippen LogP contribution in [0.3, 0.4) is 0 Å². The molecule has 2 amide bonds. The average molecular weight is 585 g/mol. The van der Waals surface area contributed by atoms with Crippen molar-refractivity contribution in [2.24, 2.45) is 0 Å². The van der Waals surface area contributed by atoms with Crippen LogP contribution < -0.4 is 20.4 Å². The minimum atomic E-state index is -0.167. The van der Waals surface area contributed by atoms with E-state index in [-0.39, 0.29) is 11.8 Å². The first-order valence-corrected chi connectivity index (χ1v) is 15.1. The van der Waals surface area contributed by atoms with Crippen molar-refractivity contribution in [2.75, 3.05) is 77.7 Å². The van der Waals surface area contributed by atoms with Crippen LogP contribution in [0.25, 0.3) is 11.1 Å². The number of nitrogens with zero attached hydrogens (tertiary/aromatic N) is 4. The lowest BCUT2D eigenvalue weighted by Crippen LogP contribution is -2.50. The second-order valence-electron chi connectivity index (χ2n) is 11.9. The van der Waals surface area contributed by atoms with Gasteiger partial charge in [0.15, 0.2) is 0 Å². The van der Waals surface area contributed by atoms with Gasteiger partial charge in [0.1, 0.15) is 5.75 Å². The van der Waals surface area contributed by atoms with Gasteiger partial charge in [-0.3, -0.25) is 15.0 Å². The van der Waals surface area contributed by atoms with E-state index in [0.717, 1.165) is 85.9 Å². The van der Waals surface area contributed by atoms with Crippen molar-refractivity contribution in [3.05, 3.63) is 77.4 Å². The van der Waals surface area contributed by atoms with Gasteiger partial charge >= 0.3 is 0 Å². The summed E-state index contributed by atoms with van der Waals surface area (Å²) in [5, 5.41) is 5.07. The smallest absolute Gasteiger partial charge is 0.265 e. The highest BCUT2D eigenvalue weighted by Crippen LogP contribution is 2.32. The summed E-state index contributed by atoms with van der Waals surface area (Å²) in [6, 6.07) is 19.7. The topological polar surface area (TPSA) is 80.4 Å². The first-order valence-electron chi connectivity index (χ1n) is 15.1. The summed E-state index contributed by atoms with van der Waals surface area (Å²) in [6.07, 6.45) is 2.08. The van der Waals surface area contributed by atoms with Crippen molar-refractivity contribution < 1.29 is 14.3 Å². The van der Waals surface area contributed by atoms with E-state index >= 15 is 0 Å². The Morgan fingerprint density at radius 3 is 2.14 bits per heavy atom. The number of methoxy groups -OCH3 is 1. The van der Waals surface area contributed by atoms with Crippen molar-refractivity contribution in [1.82, 2.24) is 20.2 Å². The predicted molar refractivity (Wildman–Crippen MR) is 173 cm³/mol. The van der Waals surface area contributed by atoms with Crippen molar-refractivity contribution in [2.45, 2.75) is 25.8 Å². The highest BCUT2D eigenvalue weighted by Gasteiger charge is 2.22. The maximum absolute atomic E-state index is 13.1. The number of hydrogen-bond donors (Lipinski definition) is 2. The number of aryl methyl sites for hydroxylation is 1. The number of rotatable bonds is 8. The van der Waals surface area contributed by atoms with Crippen LogP contribution in [0.4, 0.5) is 11.4 Å². The van der Waals surface area contributed by atoms with Crippen LogP contribution >= 0.6 is 0 Å². The summed E-state index contributed by atoms with van der Waals surface area (Å²) in [5.41, 5.74) is 9.04. The molecule has 0 aromatic heterocycles. The number of ether oxygens (including phenoxy) is 1. The van der Waals surface area contributed by atoms with Crippen molar-refractivity contribution >= 4 is 23.2 Å². The number of anilines is 2. The largest absolute Gasteiger partial charge is 0.495 e. The molecule has 9 nitrogen and oxygen atoms in total. The van der Waals surface area contributed by atoms with E-state index in [1.807, 2.05) is 72.6 Å². The number of amides is 2. The molecule has 2 fully saturated rings. The molecular weight excluding hydrogens is 540 g/mol. The molecule has 2 saturated heterocycles. The summed E-state index contributed by atoms with van der Waals surface area (Å²) >= 11 is 0. The molecular formula is C34H44N6O3. The van der Waals surface area contributed by atoms with Crippen molar-refractivity contribution in [3.63, 3.8) is 0 Å². The normalized spacial score (nSPS) is 16.7. The average Bonchev–Trinajstić information content (AvgIpc) is 3.01. The zero-order valence-corrected chi connectivity index (χ0v) is 26.0. The van der Waals surface area contributed by atoms with Gasteiger partial charge in [-0.2, -0.15) is 0 Å². The molecule has 0 radical (unpaired) electrons. The summed E-state index contributed by atoms with van der Waals surface area (Å²) in [4.78, 5) is 32.9. The van der Waals surface area contributed by atoms with Gasteiger partial charge in [-0.05, 0) is 100 Å². The molecule has 2 heterocycles. The van der Waals surface area contributed by atoms with Crippen LogP contribution in [0.15, 0.2) is 60.7 Å². The molecule has 3 aromatic rings. The quantitative estimate of drug-likeness (QED) is 0.408. The van der Waals surface area contributed by atoms with E-state index in [9.17, 15) is 9.59 Å². The number of piperazine rings is 1. The van der Waals surface area contributed by atoms with Gasteiger partial charge in [0.25, 0.3) is 11.8 Å². The fourth-order valence-corrected chi connectivity index (χ4v) is 5.90. The number of nitrogens with one attached hydrogen (secondary N) is 2. The Labute approximate surface area is 255 Å². The van der Waals surface area contributed by atoms with Crippen molar-refractivity contribution in [3.8, 4) is 16.9 Å². The predicted octanol–water partition coefficient (Wildman–Crippen LogP) is 4.35. The minimum Gasteiger partial charge on any atom is -0.495 e. The Morgan fingerprint density at radius 1 is 0.837 bits per heavy atom. The molecule has 3 aromatic carbocycles. The Kier molecular flexibility index (Phi) is 9.65. The first-order chi connectivity index (χ1) is 20.7. The highest BCUT2D eigenvalue weighted by molar-refractivity contribution is 6.05. The van der Waals surface area contributed by atoms with Crippen molar-refractivity contribution in [1.29, 1.82) is 0 Å². The second-order valence-corrected chi connectivity index (χ2v) is 11.9. The molecule has 5 rings (SSSR count). The lowest BCUT2D eigenvalue weighted by atomic mass is 9.97. The standard InChI is InChI=1S/C34H44N6O3/c1-24-22-27(34(42)36-40-16-14-29(15-17-40)37(2)3)10-12-30(24)25-6-8-26(9-7-25)33(41)35-28-11-13-32(43-5)31(23-28)39-20-18-38(4)19-21-39/h6-13,22-23,29H,14-21H2,1-5H3,(H,35,41)(H,36,42). The zero-order valence-electron chi connectivity index (χ0n) is 26.0. The maximum Gasteiger partial charge on any atom is 0.265 e. The number of hydrazine groups is 1. The molecule has 0 saturated carbocycles. The molecule has 0 atom stereocenters. The van der Waals surface area contributed by atoms with Crippen LogP contribution in [0, 0.1) is 6.92 Å². The highest BCUT2D eigenvalue weighted by atomic mass is 16.5. The molecule has 2 aliphatic heterocycles. The molecule has 0 bridgehead atoms. The van der Waals surface area contributed by atoms with Gasteiger partial charge in [-0.1, -0.05) is 18.2 Å². The van der Waals surface area contributed by atoms with Gasteiger partial charge < -0.3 is 24.8 Å². The van der Waals surface area contributed by atoms with Gasteiger partial charge in [0, 0.05) is 62.1 Å². The maximum atomic E-state index is 13.1. The second kappa shape index (κ2) is 13.6. The third-order valence-electron chi connectivity index (χ3n) is 8.68. The van der Waals surface area contributed by atoms with E-state index in [0.29, 0.717) is 17.2 Å². The number of piperidine rings is 1. The lowest BCUT2D eigenvalue weighted by Gasteiger charge is -2.35. The molecule has 0 unspecified atom stereocenters. The molecule has 2 aliphatic rings. The molecule has 9 heteroatoms. The third-order valence-corrected chi connectivity index (χ3v) is 8.68.